The second-order valence-electron chi connectivity index (χ2n) is 6.11. The van der Waals surface area contributed by atoms with Crippen LogP contribution in [0.25, 0.3) is 5.69 Å². The molecule has 0 aliphatic rings. The quantitative estimate of drug-likeness (QED) is 0.684. The fraction of sp³-hybridized carbons (Fsp3) is 0.150. The molecule has 0 fully saturated rings. The molecule has 3 aromatic rings. The number of carbonyl (C=O) groups excluding carboxylic acids is 1. The van der Waals surface area contributed by atoms with Crippen molar-refractivity contribution in [3.63, 3.8) is 0 Å². The zero-order valence-corrected chi connectivity index (χ0v) is 15.3. The van der Waals surface area contributed by atoms with Crippen LogP contribution in [0.1, 0.15) is 5.56 Å². The lowest BCUT2D eigenvalue weighted by Gasteiger charge is -2.12. The summed E-state index contributed by atoms with van der Waals surface area (Å²) in [5.41, 5.74) is -0.586. The minimum absolute atomic E-state index is 0.00557. The number of halogens is 1. The number of rotatable bonds is 5. The lowest BCUT2D eigenvalue weighted by molar-refractivity contribution is -0.116. The second-order valence-corrected chi connectivity index (χ2v) is 6.11. The maximum absolute atomic E-state index is 13.9. The summed E-state index contributed by atoms with van der Waals surface area (Å²) in [6.45, 7) is 1.30. The van der Waals surface area contributed by atoms with E-state index in [0.717, 1.165) is 9.13 Å². The molecule has 1 amide bonds. The predicted molar refractivity (Wildman–Crippen MR) is 103 cm³/mol. The van der Waals surface area contributed by atoms with Gasteiger partial charge in [0.2, 0.25) is 5.91 Å². The molecule has 0 saturated carbocycles. The number of hydrogen-bond acceptors (Lipinski definition) is 4. The summed E-state index contributed by atoms with van der Waals surface area (Å²) in [7, 11) is 1.46. The van der Waals surface area contributed by atoms with Crippen LogP contribution in [-0.2, 0) is 11.3 Å². The van der Waals surface area contributed by atoms with E-state index < -0.39 is 29.4 Å². The van der Waals surface area contributed by atoms with Gasteiger partial charge in [-0.15, -0.1) is 0 Å². The van der Waals surface area contributed by atoms with E-state index in [1.807, 2.05) is 0 Å². The number of ether oxygens (including phenoxy) is 1. The average Bonchev–Trinajstić information content (AvgIpc) is 2.68. The van der Waals surface area contributed by atoms with Crippen LogP contribution in [0.5, 0.6) is 5.75 Å². The van der Waals surface area contributed by atoms with Crippen LogP contribution in [0.2, 0.25) is 0 Å². The molecule has 0 aliphatic carbocycles. The Kier molecular flexibility index (Phi) is 5.39. The van der Waals surface area contributed by atoms with Crippen molar-refractivity contribution in [3.8, 4) is 11.4 Å². The fourth-order valence-corrected chi connectivity index (χ4v) is 2.72. The monoisotopic (exact) mass is 383 g/mol. The molecule has 144 valence electrons. The second kappa shape index (κ2) is 7.91. The summed E-state index contributed by atoms with van der Waals surface area (Å²) in [4.78, 5) is 37.0. The lowest BCUT2D eigenvalue weighted by Crippen LogP contribution is -2.41. The smallest absolute Gasteiger partial charge is 0.321 e. The van der Waals surface area contributed by atoms with Crippen LogP contribution in [0.15, 0.2) is 64.4 Å². The third-order valence-electron chi connectivity index (χ3n) is 4.12. The molecule has 0 saturated heterocycles. The van der Waals surface area contributed by atoms with Crippen molar-refractivity contribution in [1.82, 2.24) is 9.13 Å². The Morgan fingerprint density at radius 3 is 2.57 bits per heavy atom. The number of aryl methyl sites for hydroxylation is 1. The molecule has 3 rings (SSSR count). The molecule has 1 heterocycles. The minimum atomic E-state index is -0.882. The van der Waals surface area contributed by atoms with Crippen LogP contribution < -0.4 is 21.2 Å². The molecule has 8 heteroatoms. The Morgan fingerprint density at radius 2 is 1.86 bits per heavy atom. The number of benzene rings is 2. The van der Waals surface area contributed by atoms with Gasteiger partial charge >= 0.3 is 11.1 Å². The highest BCUT2D eigenvalue weighted by molar-refractivity contribution is 5.90. The molecule has 0 bridgehead atoms. The maximum atomic E-state index is 13.9. The molecule has 2 aromatic carbocycles. The van der Waals surface area contributed by atoms with Crippen molar-refractivity contribution in [2.45, 2.75) is 13.5 Å². The number of amides is 1. The normalized spacial score (nSPS) is 10.5. The largest absolute Gasteiger partial charge is 0.495 e. The predicted octanol–water partition coefficient (Wildman–Crippen LogP) is 2.09. The van der Waals surface area contributed by atoms with Crippen molar-refractivity contribution < 1.29 is 13.9 Å². The molecular formula is C20H18FN3O4. The van der Waals surface area contributed by atoms with Crippen LogP contribution in [0.3, 0.4) is 0 Å². The number of anilines is 1. The van der Waals surface area contributed by atoms with Crippen LogP contribution >= 0.6 is 0 Å². The number of carbonyl (C=O) groups is 1. The molecule has 0 aliphatic heterocycles. The average molecular weight is 383 g/mol. The van der Waals surface area contributed by atoms with Gasteiger partial charge in [0.15, 0.2) is 0 Å². The molecule has 1 N–H and O–H groups in total. The zero-order valence-electron chi connectivity index (χ0n) is 15.3. The van der Waals surface area contributed by atoms with Gasteiger partial charge in [-0.25, -0.2) is 4.39 Å². The fourth-order valence-electron chi connectivity index (χ4n) is 2.72. The Hall–Kier alpha value is -3.68. The third kappa shape index (κ3) is 3.85. The molecule has 7 nitrogen and oxygen atoms in total. The van der Waals surface area contributed by atoms with E-state index >= 15 is 0 Å². The Bertz CT molecular complexity index is 1150. The molecule has 0 atom stereocenters. The van der Waals surface area contributed by atoms with Gasteiger partial charge in [-0.3, -0.25) is 23.5 Å². The van der Waals surface area contributed by atoms with Crippen LogP contribution in [0.4, 0.5) is 10.1 Å². The van der Waals surface area contributed by atoms with Crippen molar-refractivity contribution in [2.24, 2.45) is 0 Å². The van der Waals surface area contributed by atoms with E-state index in [-0.39, 0.29) is 5.69 Å². The molecule has 0 radical (unpaired) electrons. The molecule has 1 aromatic heterocycles. The standard InChI is InChI=1S/C20H18FN3O4/c1-13-7-8-15(14(21)11-13)22-18(25)12-23-9-10-24(20(27)19(23)26)16-5-3-4-6-17(16)28-2/h3-11H,12H2,1-2H3,(H,22,25). The molecular weight excluding hydrogens is 365 g/mol. The number of nitrogens with one attached hydrogen (secondary N) is 1. The number of aromatic nitrogens is 2. The van der Waals surface area contributed by atoms with Gasteiger partial charge in [-0.05, 0) is 36.8 Å². The first-order valence-corrected chi connectivity index (χ1v) is 8.42. The van der Waals surface area contributed by atoms with Gasteiger partial charge in [0.05, 0.1) is 18.5 Å². The summed E-state index contributed by atoms with van der Waals surface area (Å²) in [6.07, 6.45) is 2.70. The van der Waals surface area contributed by atoms with Crippen LogP contribution in [0, 0.1) is 12.7 Å². The van der Waals surface area contributed by atoms with Gasteiger partial charge in [0.25, 0.3) is 0 Å². The van der Waals surface area contributed by atoms with E-state index in [9.17, 15) is 18.8 Å². The summed E-state index contributed by atoms with van der Waals surface area (Å²) >= 11 is 0. The summed E-state index contributed by atoms with van der Waals surface area (Å²) in [6, 6.07) is 11.1. The Labute approximate surface area is 159 Å². The molecule has 0 unspecified atom stereocenters. The SMILES string of the molecule is COc1ccccc1-n1ccn(CC(=O)Nc2ccc(C)cc2F)c(=O)c1=O. The summed E-state index contributed by atoms with van der Waals surface area (Å²) < 4.78 is 21.2. The lowest BCUT2D eigenvalue weighted by atomic mass is 10.2. The van der Waals surface area contributed by atoms with Gasteiger partial charge in [0, 0.05) is 12.4 Å². The highest BCUT2D eigenvalue weighted by atomic mass is 19.1. The first-order valence-electron chi connectivity index (χ1n) is 8.42. The number of methoxy groups -OCH3 is 1. The summed E-state index contributed by atoms with van der Waals surface area (Å²) in [5.74, 6) is -0.777. The van der Waals surface area contributed by atoms with E-state index in [4.69, 9.17) is 4.74 Å². The van der Waals surface area contributed by atoms with E-state index in [2.05, 4.69) is 5.32 Å². The third-order valence-corrected chi connectivity index (χ3v) is 4.12. The van der Waals surface area contributed by atoms with E-state index in [1.54, 1.807) is 37.3 Å². The number of nitrogens with zero attached hydrogens (tertiary/aromatic N) is 2. The number of para-hydroxylation sites is 2. The van der Waals surface area contributed by atoms with E-state index in [1.165, 1.54) is 31.6 Å². The van der Waals surface area contributed by atoms with Crippen molar-refractivity contribution in [2.75, 3.05) is 12.4 Å². The van der Waals surface area contributed by atoms with Gasteiger partial charge in [0.1, 0.15) is 18.1 Å². The first-order chi connectivity index (χ1) is 13.4. The molecule has 28 heavy (non-hydrogen) atoms. The van der Waals surface area contributed by atoms with Crippen molar-refractivity contribution in [1.29, 1.82) is 0 Å². The first kappa shape index (κ1) is 19.1. The minimum Gasteiger partial charge on any atom is -0.495 e. The van der Waals surface area contributed by atoms with Gasteiger partial charge < -0.3 is 10.1 Å². The van der Waals surface area contributed by atoms with E-state index in [0.29, 0.717) is 17.0 Å². The van der Waals surface area contributed by atoms with Crippen molar-refractivity contribution >= 4 is 11.6 Å². The zero-order chi connectivity index (χ0) is 20.3. The van der Waals surface area contributed by atoms with Crippen LogP contribution in [-0.4, -0.2) is 22.2 Å². The topological polar surface area (TPSA) is 82.3 Å². The Balaban J connectivity index is 1.86. The molecule has 0 spiro atoms. The van der Waals surface area contributed by atoms with Crippen molar-refractivity contribution in [3.05, 3.63) is 86.9 Å². The maximum Gasteiger partial charge on any atom is 0.321 e. The van der Waals surface area contributed by atoms with Gasteiger partial charge in [-0.1, -0.05) is 18.2 Å². The Morgan fingerprint density at radius 1 is 1.11 bits per heavy atom. The highest BCUT2D eigenvalue weighted by Crippen LogP contribution is 2.20. The summed E-state index contributed by atoms with van der Waals surface area (Å²) in [5, 5.41) is 2.39. The number of hydrogen-bond donors (Lipinski definition) is 1. The highest BCUT2D eigenvalue weighted by Gasteiger charge is 2.13. The van der Waals surface area contributed by atoms with Gasteiger partial charge in [-0.2, -0.15) is 0 Å².